The summed E-state index contributed by atoms with van der Waals surface area (Å²) in [5.41, 5.74) is -0.921. The van der Waals surface area contributed by atoms with E-state index in [0.29, 0.717) is 16.8 Å². The normalized spacial score (nSPS) is 11.2. The summed E-state index contributed by atoms with van der Waals surface area (Å²) in [6, 6.07) is 13.8. The number of hydrogen-bond acceptors (Lipinski definition) is 5. The molecule has 1 heterocycles. The highest BCUT2D eigenvalue weighted by atomic mass is 16.5. The summed E-state index contributed by atoms with van der Waals surface area (Å²) in [5.74, 6) is -1.44. The number of ether oxygens (including phenoxy) is 1. The van der Waals surface area contributed by atoms with Crippen LogP contribution in [0.5, 0.6) is 11.5 Å². The summed E-state index contributed by atoms with van der Waals surface area (Å²) in [6.45, 7) is 2.75. The predicted octanol–water partition coefficient (Wildman–Crippen LogP) is 3.11. The third-order valence-electron chi connectivity index (χ3n) is 4.30. The number of benzene rings is 2. The highest BCUT2D eigenvalue weighted by Crippen LogP contribution is 2.31. The zero-order valence-corrected chi connectivity index (χ0v) is 15.5. The second-order valence-corrected chi connectivity index (χ2v) is 6.81. The molecule has 7 heteroatoms. The Morgan fingerprint density at radius 2 is 1.86 bits per heavy atom. The SMILES string of the molecule is CC(C)(NC(=O)c1ccc2ccccc2c1OCc1ncccc1O)C(=O)O. The fourth-order valence-corrected chi connectivity index (χ4v) is 2.66. The number of fused-ring (bicyclic) bond motifs is 1. The van der Waals surface area contributed by atoms with Crippen LogP contribution in [0.3, 0.4) is 0 Å². The van der Waals surface area contributed by atoms with E-state index in [4.69, 9.17) is 4.74 Å². The fraction of sp³-hybridized carbons (Fsp3) is 0.190. The van der Waals surface area contributed by atoms with Gasteiger partial charge >= 0.3 is 5.97 Å². The minimum atomic E-state index is -1.45. The highest BCUT2D eigenvalue weighted by Gasteiger charge is 2.30. The molecule has 1 aromatic heterocycles. The van der Waals surface area contributed by atoms with E-state index in [-0.39, 0.29) is 17.9 Å². The molecule has 0 atom stereocenters. The van der Waals surface area contributed by atoms with Crippen molar-refractivity contribution in [1.29, 1.82) is 0 Å². The summed E-state index contributed by atoms with van der Waals surface area (Å²) in [5, 5.41) is 23.2. The molecule has 2 aromatic carbocycles. The molecule has 0 aliphatic carbocycles. The molecule has 144 valence electrons. The highest BCUT2D eigenvalue weighted by molar-refractivity contribution is 6.05. The average Bonchev–Trinajstić information content (AvgIpc) is 2.66. The quantitative estimate of drug-likeness (QED) is 0.606. The molecule has 0 fully saturated rings. The minimum absolute atomic E-state index is 0.0132. The number of carboxylic acids is 1. The molecular formula is C21H20N2O5. The van der Waals surface area contributed by atoms with Crippen LogP contribution in [-0.4, -0.2) is 32.6 Å². The maximum absolute atomic E-state index is 12.8. The van der Waals surface area contributed by atoms with Crippen LogP contribution in [0, 0.1) is 0 Å². The van der Waals surface area contributed by atoms with Gasteiger partial charge in [0.25, 0.3) is 5.91 Å². The molecule has 1 amide bonds. The zero-order valence-electron chi connectivity index (χ0n) is 15.5. The van der Waals surface area contributed by atoms with Gasteiger partial charge in [0.1, 0.15) is 29.3 Å². The number of nitrogens with one attached hydrogen (secondary N) is 1. The first-order chi connectivity index (χ1) is 13.3. The number of nitrogens with zero attached hydrogens (tertiary/aromatic N) is 1. The van der Waals surface area contributed by atoms with Crippen LogP contribution in [-0.2, 0) is 11.4 Å². The molecular weight excluding hydrogens is 360 g/mol. The second kappa shape index (κ2) is 7.56. The maximum atomic E-state index is 12.8. The Kier molecular flexibility index (Phi) is 5.17. The third kappa shape index (κ3) is 3.88. The number of hydrogen-bond donors (Lipinski definition) is 3. The Bertz CT molecular complexity index is 1050. The Labute approximate surface area is 161 Å². The summed E-state index contributed by atoms with van der Waals surface area (Å²) in [7, 11) is 0. The van der Waals surface area contributed by atoms with E-state index < -0.39 is 17.4 Å². The van der Waals surface area contributed by atoms with Crippen molar-refractivity contribution in [2.75, 3.05) is 0 Å². The first kappa shape index (κ1) is 19.2. The number of rotatable bonds is 6. The first-order valence-electron chi connectivity index (χ1n) is 8.63. The lowest BCUT2D eigenvalue weighted by Crippen LogP contribution is -2.49. The molecule has 0 radical (unpaired) electrons. The number of carbonyl (C=O) groups excluding carboxylic acids is 1. The smallest absolute Gasteiger partial charge is 0.328 e. The van der Waals surface area contributed by atoms with E-state index >= 15 is 0 Å². The van der Waals surface area contributed by atoms with Crippen molar-refractivity contribution in [2.45, 2.75) is 26.0 Å². The largest absolute Gasteiger partial charge is 0.506 e. The van der Waals surface area contributed by atoms with Crippen molar-refractivity contribution < 1.29 is 24.5 Å². The van der Waals surface area contributed by atoms with Gasteiger partial charge in [-0.3, -0.25) is 9.78 Å². The van der Waals surface area contributed by atoms with Gasteiger partial charge < -0.3 is 20.3 Å². The molecule has 28 heavy (non-hydrogen) atoms. The predicted molar refractivity (Wildman–Crippen MR) is 103 cm³/mol. The molecule has 3 rings (SSSR count). The summed E-state index contributed by atoms with van der Waals surface area (Å²) < 4.78 is 5.88. The standard InChI is InChI=1S/C21H20N2O5/c1-21(2,20(26)27)23-19(25)15-10-9-13-6-3-4-7-14(13)18(15)28-12-16-17(24)8-5-11-22-16/h3-11,24H,12H2,1-2H3,(H,23,25)(H,26,27). The third-order valence-corrected chi connectivity index (χ3v) is 4.30. The second-order valence-electron chi connectivity index (χ2n) is 6.81. The number of carbonyl (C=O) groups is 2. The number of amides is 1. The lowest BCUT2D eigenvalue weighted by molar-refractivity contribution is -0.143. The lowest BCUT2D eigenvalue weighted by Gasteiger charge is -2.22. The van der Waals surface area contributed by atoms with E-state index in [1.54, 1.807) is 18.2 Å². The number of carboxylic acid groups (broad SMARTS) is 1. The van der Waals surface area contributed by atoms with Crippen molar-refractivity contribution in [1.82, 2.24) is 10.3 Å². The van der Waals surface area contributed by atoms with Crippen LogP contribution in [0.2, 0.25) is 0 Å². The summed E-state index contributed by atoms with van der Waals surface area (Å²) >= 11 is 0. The van der Waals surface area contributed by atoms with Gasteiger partial charge in [-0.1, -0.05) is 30.3 Å². The lowest BCUT2D eigenvalue weighted by atomic mass is 10.0. The molecule has 7 nitrogen and oxygen atoms in total. The first-order valence-corrected chi connectivity index (χ1v) is 8.63. The molecule has 3 N–H and O–H groups in total. The van der Waals surface area contributed by atoms with Crippen LogP contribution in [0.25, 0.3) is 10.8 Å². The van der Waals surface area contributed by atoms with Crippen LogP contribution >= 0.6 is 0 Å². The van der Waals surface area contributed by atoms with Gasteiger partial charge in [0.15, 0.2) is 0 Å². The molecule has 0 saturated carbocycles. The van der Waals surface area contributed by atoms with E-state index in [2.05, 4.69) is 10.3 Å². The number of aromatic nitrogens is 1. The Hall–Kier alpha value is -3.61. The number of aliphatic carboxylic acids is 1. The van der Waals surface area contributed by atoms with E-state index in [1.807, 2.05) is 24.3 Å². The Morgan fingerprint density at radius 3 is 2.57 bits per heavy atom. The van der Waals surface area contributed by atoms with Crippen molar-refractivity contribution in [3.8, 4) is 11.5 Å². The summed E-state index contributed by atoms with van der Waals surface area (Å²) in [6.07, 6.45) is 1.53. The molecule has 0 unspecified atom stereocenters. The van der Waals surface area contributed by atoms with Crippen LogP contribution < -0.4 is 10.1 Å². The van der Waals surface area contributed by atoms with Gasteiger partial charge in [-0.25, -0.2) is 4.79 Å². The van der Waals surface area contributed by atoms with Crippen molar-refractivity contribution >= 4 is 22.6 Å². The number of pyridine rings is 1. The summed E-state index contributed by atoms with van der Waals surface area (Å²) in [4.78, 5) is 28.2. The topological polar surface area (TPSA) is 109 Å². The van der Waals surface area contributed by atoms with Gasteiger partial charge in [-0.2, -0.15) is 0 Å². The van der Waals surface area contributed by atoms with Gasteiger partial charge in [-0.15, -0.1) is 0 Å². The van der Waals surface area contributed by atoms with Gasteiger partial charge in [0.2, 0.25) is 0 Å². The molecule has 0 spiro atoms. The van der Waals surface area contributed by atoms with Crippen molar-refractivity contribution in [3.05, 3.63) is 66.0 Å². The van der Waals surface area contributed by atoms with E-state index in [1.165, 1.54) is 26.1 Å². The molecule has 0 saturated heterocycles. The maximum Gasteiger partial charge on any atom is 0.328 e. The van der Waals surface area contributed by atoms with Gasteiger partial charge in [0, 0.05) is 11.6 Å². The Balaban J connectivity index is 2.00. The van der Waals surface area contributed by atoms with Gasteiger partial charge in [-0.05, 0) is 37.4 Å². The molecule has 0 aliphatic rings. The monoisotopic (exact) mass is 380 g/mol. The minimum Gasteiger partial charge on any atom is -0.506 e. The van der Waals surface area contributed by atoms with Crippen molar-refractivity contribution in [3.63, 3.8) is 0 Å². The molecule has 0 bridgehead atoms. The number of aromatic hydroxyl groups is 1. The zero-order chi connectivity index (χ0) is 20.3. The van der Waals surface area contributed by atoms with Crippen LogP contribution in [0.1, 0.15) is 29.9 Å². The van der Waals surface area contributed by atoms with Crippen LogP contribution in [0.15, 0.2) is 54.7 Å². The molecule has 3 aromatic rings. The van der Waals surface area contributed by atoms with E-state index in [9.17, 15) is 19.8 Å². The fourth-order valence-electron chi connectivity index (χ4n) is 2.66. The molecule has 0 aliphatic heterocycles. The van der Waals surface area contributed by atoms with Crippen LogP contribution in [0.4, 0.5) is 0 Å². The average molecular weight is 380 g/mol. The Morgan fingerprint density at radius 1 is 1.11 bits per heavy atom. The van der Waals surface area contributed by atoms with Crippen molar-refractivity contribution in [2.24, 2.45) is 0 Å². The van der Waals surface area contributed by atoms with E-state index in [0.717, 1.165) is 5.39 Å². The van der Waals surface area contributed by atoms with Gasteiger partial charge in [0.05, 0.1) is 5.56 Å².